The van der Waals surface area contributed by atoms with Crippen molar-refractivity contribution in [1.29, 1.82) is 0 Å². The number of aliphatic hydroxyl groups excluding tert-OH is 1. The van der Waals surface area contributed by atoms with Crippen LogP contribution in [-0.4, -0.2) is 40.5 Å². The maximum atomic E-state index is 12.5. The van der Waals surface area contributed by atoms with Crippen LogP contribution < -0.4 is 10.6 Å². The summed E-state index contributed by atoms with van der Waals surface area (Å²) in [5.74, 6) is -0.911. The van der Waals surface area contributed by atoms with E-state index in [1.807, 2.05) is 6.07 Å². The number of amides is 4. The molecule has 0 aromatic heterocycles. The molecular weight excluding hydrogens is 382 g/mol. The van der Waals surface area contributed by atoms with Gasteiger partial charge >= 0.3 is 6.03 Å². The van der Waals surface area contributed by atoms with Crippen molar-refractivity contribution in [3.63, 3.8) is 0 Å². The third-order valence-corrected chi connectivity index (χ3v) is 4.68. The summed E-state index contributed by atoms with van der Waals surface area (Å²) in [5, 5.41) is 15.3. The lowest BCUT2D eigenvalue weighted by molar-refractivity contribution is -0.131. The number of imide groups is 1. The number of carbonyl (C=O) groups excluding carboxylic acids is 3. The van der Waals surface area contributed by atoms with Crippen LogP contribution >= 0.6 is 11.6 Å². The second kappa shape index (κ2) is 8.86. The Balaban J connectivity index is 1.60. The molecule has 1 aliphatic rings. The molecule has 1 fully saturated rings. The van der Waals surface area contributed by atoms with E-state index in [1.54, 1.807) is 48.5 Å². The van der Waals surface area contributed by atoms with Gasteiger partial charge in [0, 0.05) is 5.02 Å². The number of hydrogen-bond donors (Lipinski definition) is 3. The van der Waals surface area contributed by atoms with Gasteiger partial charge in [0.2, 0.25) is 5.91 Å². The topological polar surface area (TPSA) is 98.7 Å². The second-order valence-corrected chi connectivity index (χ2v) is 6.91. The summed E-state index contributed by atoms with van der Waals surface area (Å²) in [6, 6.07) is 13.8. The smallest absolute Gasteiger partial charge is 0.325 e. The van der Waals surface area contributed by atoms with Gasteiger partial charge in [-0.2, -0.15) is 0 Å². The first-order valence-corrected chi connectivity index (χ1v) is 9.17. The van der Waals surface area contributed by atoms with Crippen LogP contribution in [0.4, 0.5) is 4.79 Å². The van der Waals surface area contributed by atoms with E-state index in [9.17, 15) is 19.5 Å². The lowest BCUT2D eigenvalue weighted by atomic mass is 10.1. The van der Waals surface area contributed by atoms with Crippen LogP contribution in [0, 0.1) is 0 Å². The minimum atomic E-state index is -0.943. The fourth-order valence-electron chi connectivity index (χ4n) is 3.04. The van der Waals surface area contributed by atoms with E-state index < -0.39 is 29.9 Å². The van der Waals surface area contributed by atoms with Crippen LogP contribution in [-0.2, 0) is 16.1 Å². The molecule has 146 valence electrons. The average Bonchev–Trinajstić information content (AvgIpc) is 2.94. The van der Waals surface area contributed by atoms with E-state index in [4.69, 9.17) is 11.6 Å². The first kappa shape index (κ1) is 19.9. The van der Waals surface area contributed by atoms with E-state index in [0.717, 1.165) is 10.5 Å². The van der Waals surface area contributed by atoms with Crippen LogP contribution in [0.15, 0.2) is 54.6 Å². The molecule has 0 radical (unpaired) electrons. The lowest BCUT2D eigenvalue weighted by Crippen LogP contribution is -2.38. The minimum Gasteiger partial charge on any atom is -0.394 e. The van der Waals surface area contributed by atoms with Crippen molar-refractivity contribution in [3.8, 4) is 0 Å². The van der Waals surface area contributed by atoms with E-state index in [-0.39, 0.29) is 19.6 Å². The van der Waals surface area contributed by atoms with E-state index in [0.29, 0.717) is 10.6 Å². The number of aliphatic hydroxyl groups is 1. The molecule has 0 unspecified atom stereocenters. The number of halogens is 1. The number of rotatable bonds is 7. The van der Waals surface area contributed by atoms with Gasteiger partial charge in [0.15, 0.2) is 0 Å². The molecule has 3 N–H and O–H groups in total. The second-order valence-electron chi connectivity index (χ2n) is 6.47. The van der Waals surface area contributed by atoms with Crippen molar-refractivity contribution in [2.45, 2.75) is 25.0 Å². The molecule has 0 aliphatic carbocycles. The van der Waals surface area contributed by atoms with Gasteiger partial charge in [-0.15, -0.1) is 0 Å². The molecule has 0 spiro atoms. The zero-order chi connectivity index (χ0) is 20.1. The molecule has 2 aromatic rings. The van der Waals surface area contributed by atoms with Gasteiger partial charge < -0.3 is 15.7 Å². The number of hydrogen-bond acceptors (Lipinski definition) is 4. The molecule has 0 bridgehead atoms. The fraction of sp³-hybridized carbons (Fsp3) is 0.250. The molecule has 4 amide bonds. The molecular formula is C20H20ClN3O4. The summed E-state index contributed by atoms with van der Waals surface area (Å²) in [6.45, 7) is -0.200. The molecule has 1 saturated heterocycles. The van der Waals surface area contributed by atoms with Crippen LogP contribution in [0.2, 0.25) is 5.02 Å². The maximum absolute atomic E-state index is 12.5. The number of nitrogens with zero attached hydrogens (tertiary/aromatic N) is 1. The monoisotopic (exact) mass is 401 g/mol. The third kappa shape index (κ3) is 4.68. The molecule has 1 heterocycles. The molecule has 1 aliphatic heterocycles. The highest BCUT2D eigenvalue weighted by Gasteiger charge is 2.39. The fourth-order valence-corrected chi connectivity index (χ4v) is 3.25. The zero-order valence-corrected chi connectivity index (χ0v) is 15.7. The van der Waals surface area contributed by atoms with E-state index in [2.05, 4.69) is 10.6 Å². The first-order valence-electron chi connectivity index (χ1n) is 8.79. The Bertz CT molecular complexity index is 875. The molecule has 2 aromatic carbocycles. The normalized spacial score (nSPS) is 17.4. The minimum absolute atomic E-state index is 0.0760. The summed E-state index contributed by atoms with van der Waals surface area (Å²) < 4.78 is 0. The highest BCUT2D eigenvalue weighted by atomic mass is 35.5. The number of nitrogens with one attached hydrogen (secondary N) is 2. The Morgan fingerprint density at radius 1 is 1.18 bits per heavy atom. The molecule has 0 saturated carbocycles. The van der Waals surface area contributed by atoms with Crippen molar-refractivity contribution < 1.29 is 19.5 Å². The van der Waals surface area contributed by atoms with Crippen LogP contribution in [0.25, 0.3) is 0 Å². The van der Waals surface area contributed by atoms with E-state index >= 15 is 0 Å². The lowest BCUT2D eigenvalue weighted by Gasteiger charge is -2.18. The molecule has 7 nitrogen and oxygen atoms in total. The summed E-state index contributed by atoms with van der Waals surface area (Å²) in [4.78, 5) is 38.1. The van der Waals surface area contributed by atoms with Crippen LogP contribution in [0.1, 0.15) is 23.6 Å². The van der Waals surface area contributed by atoms with Gasteiger partial charge in [-0.25, -0.2) is 4.79 Å². The maximum Gasteiger partial charge on any atom is 0.325 e. The van der Waals surface area contributed by atoms with Crippen LogP contribution in [0.5, 0.6) is 0 Å². The largest absolute Gasteiger partial charge is 0.394 e. The highest BCUT2D eigenvalue weighted by Crippen LogP contribution is 2.18. The highest BCUT2D eigenvalue weighted by molar-refractivity contribution is 6.30. The Labute approximate surface area is 167 Å². The molecule has 2 atom stereocenters. The quantitative estimate of drug-likeness (QED) is 0.618. The Hall–Kier alpha value is -2.90. The Morgan fingerprint density at radius 3 is 2.61 bits per heavy atom. The van der Waals surface area contributed by atoms with E-state index in [1.165, 1.54) is 0 Å². The number of carbonyl (C=O) groups is 3. The van der Waals surface area contributed by atoms with Crippen molar-refractivity contribution in [2.24, 2.45) is 0 Å². The Morgan fingerprint density at radius 2 is 1.93 bits per heavy atom. The zero-order valence-electron chi connectivity index (χ0n) is 15.0. The standard InChI is InChI=1S/C20H20ClN3O4/c21-15-8-4-5-13(9-15)11-24-19(27)16(23-20(24)28)10-18(26)22-17(12-25)14-6-2-1-3-7-14/h1-9,16-17,25H,10-12H2,(H,22,26)(H,23,28)/t16-,17-/m1/s1. The Kier molecular flexibility index (Phi) is 6.28. The van der Waals surface area contributed by atoms with Crippen molar-refractivity contribution in [2.75, 3.05) is 6.61 Å². The predicted molar refractivity (Wildman–Crippen MR) is 103 cm³/mol. The SMILES string of the molecule is O=C(C[C@H]1NC(=O)N(Cc2cccc(Cl)c2)C1=O)N[C@H](CO)c1ccccc1. The van der Waals surface area contributed by atoms with Crippen molar-refractivity contribution in [1.82, 2.24) is 15.5 Å². The van der Waals surface area contributed by atoms with Gasteiger partial charge in [-0.05, 0) is 23.3 Å². The average molecular weight is 402 g/mol. The number of benzene rings is 2. The summed E-state index contributed by atoms with van der Waals surface area (Å²) in [5.41, 5.74) is 1.47. The summed E-state index contributed by atoms with van der Waals surface area (Å²) >= 11 is 5.94. The number of urea groups is 1. The van der Waals surface area contributed by atoms with Crippen molar-refractivity contribution in [3.05, 3.63) is 70.7 Å². The summed E-state index contributed by atoms with van der Waals surface area (Å²) in [7, 11) is 0. The van der Waals surface area contributed by atoms with Gasteiger partial charge in [0.25, 0.3) is 5.91 Å². The summed E-state index contributed by atoms with van der Waals surface area (Å²) in [6.07, 6.45) is -0.208. The van der Waals surface area contributed by atoms with Crippen molar-refractivity contribution >= 4 is 29.4 Å². The van der Waals surface area contributed by atoms with Crippen LogP contribution in [0.3, 0.4) is 0 Å². The van der Waals surface area contributed by atoms with Gasteiger partial charge in [-0.1, -0.05) is 54.1 Å². The molecule has 8 heteroatoms. The molecule has 28 heavy (non-hydrogen) atoms. The first-order chi connectivity index (χ1) is 13.5. The van der Waals surface area contributed by atoms with Gasteiger partial charge in [-0.3, -0.25) is 14.5 Å². The molecule has 3 rings (SSSR count). The van der Waals surface area contributed by atoms with Gasteiger partial charge in [0.05, 0.1) is 25.6 Å². The predicted octanol–water partition coefficient (Wildman–Crippen LogP) is 2.00. The third-order valence-electron chi connectivity index (χ3n) is 4.45. The van der Waals surface area contributed by atoms with Gasteiger partial charge in [0.1, 0.15) is 6.04 Å².